The van der Waals surface area contributed by atoms with Gasteiger partial charge in [0.2, 0.25) is 0 Å². The van der Waals surface area contributed by atoms with E-state index in [-0.39, 0.29) is 23.6 Å². The molecule has 13 heavy (non-hydrogen) atoms. The average Bonchev–Trinajstić information content (AvgIpc) is 2.46. The molecule has 0 fully saturated rings. The van der Waals surface area contributed by atoms with Crippen molar-refractivity contribution < 1.29 is 5.21 Å². The molecular weight excluding hydrogens is 172 g/mol. The number of oxime groups is 1. The molecule has 6 N–H and O–H groups in total. The fourth-order valence-electron chi connectivity index (χ4n) is 0.863. The summed E-state index contributed by atoms with van der Waals surface area (Å²) in [6.07, 6.45) is 0.115. The highest BCUT2D eigenvalue weighted by atomic mass is 16.4. The van der Waals surface area contributed by atoms with Crippen LogP contribution in [0, 0.1) is 11.3 Å². The van der Waals surface area contributed by atoms with Gasteiger partial charge in [-0.15, -0.1) is 0 Å². The van der Waals surface area contributed by atoms with Gasteiger partial charge in [0.05, 0.1) is 12.1 Å². The van der Waals surface area contributed by atoms with Gasteiger partial charge in [0, 0.05) is 0 Å². The van der Waals surface area contributed by atoms with Crippen molar-refractivity contribution in [3.8, 4) is 6.07 Å². The monoisotopic (exact) mass is 180 g/mol. The second-order valence-corrected chi connectivity index (χ2v) is 2.34. The van der Waals surface area contributed by atoms with Gasteiger partial charge in [-0.25, -0.2) is 0 Å². The molecule has 0 saturated heterocycles. The molecule has 0 bridgehead atoms. The summed E-state index contributed by atoms with van der Waals surface area (Å²) in [7, 11) is 0. The summed E-state index contributed by atoms with van der Waals surface area (Å²) in [4.78, 5) is 0. The molecule has 1 rings (SSSR count). The van der Waals surface area contributed by atoms with Gasteiger partial charge in [0.25, 0.3) is 0 Å². The van der Waals surface area contributed by atoms with Crippen LogP contribution < -0.4 is 11.5 Å². The third kappa shape index (κ3) is 1.67. The van der Waals surface area contributed by atoms with E-state index in [1.54, 1.807) is 0 Å². The van der Waals surface area contributed by atoms with Crippen molar-refractivity contribution >= 4 is 11.7 Å². The molecule has 1 heterocycles. The summed E-state index contributed by atoms with van der Waals surface area (Å²) < 4.78 is 0. The molecule has 0 saturated carbocycles. The van der Waals surface area contributed by atoms with E-state index in [9.17, 15) is 0 Å². The number of nitrogens with zero attached hydrogens (tertiary/aromatic N) is 3. The zero-order valence-electron chi connectivity index (χ0n) is 6.65. The molecule has 0 radical (unpaired) electrons. The molecule has 0 atom stereocenters. The van der Waals surface area contributed by atoms with Crippen LogP contribution >= 0.6 is 0 Å². The van der Waals surface area contributed by atoms with Crippen LogP contribution in [0.25, 0.3) is 0 Å². The molecule has 68 valence electrons. The van der Waals surface area contributed by atoms with Gasteiger partial charge in [-0.1, -0.05) is 5.16 Å². The first-order valence-corrected chi connectivity index (χ1v) is 3.38. The van der Waals surface area contributed by atoms with Crippen molar-refractivity contribution in [3.63, 3.8) is 0 Å². The summed E-state index contributed by atoms with van der Waals surface area (Å²) in [5, 5.41) is 25.8. The minimum atomic E-state index is -0.0137. The molecule has 1 aromatic heterocycles. The van der Waals surface area contributed by atoms with Gasteiger partial charge in [-0.2, -0.15) is 10.4 Å². The first-order chi connectivity index (χ1) is 6.19. The number of aromatic amines is 1. The third-order valence-corrected chi connectivity index (χ3v) is 1.47. The third-order valence-electron chi connectivity index (χ3n) is 1.47. The van der Waals surface area contributed by atoms with E-state index in [0.29, 0.717) is 5.69 Å². The van der Waals surface area contributed by atoms with Gasteiger partial charge < -0.3 is 16.7 Å². The maximum absolute atomic E-state index is 8.64. The van der Waals surface area contributed by atoms with Crippen LogP contribution in [0.5, 0.6) is 0 Å². The maximum Gasteiger partial charge on any atom is 0.163 e. The van der Waals surface area contributed by atoms with Crippen molar-refractivity contribution in [2.45, 2.75) is 6.42 Å². The molecule has 0 unspecified atom stereocenters. The van der Waals surface area contributed by atoms with Crippen molar-refractivity contribution in [2.24, 2.45) is 10.9 Å². The van der Waals surface area contributed by atoms with E-state index in [1.165, 1.54) is 0 Å². The number of nitrogens with one attached hydrogen (secondary N) is 1. The summed E-state index contributed by atoms with van der Waals surface area (Å²) in [6, 6.07) is 1.86. The number of aromatic nitrogens is 2. The smallest absolute Gasteiger partial charge is 0.163 e. The molecule has 0 aliphatic rings. The molecule has 0 aliphatic heterocycles. The lowest BCUT2D eigenvalue weighted by Crippen LogP contribution is -2.15. The molecule has 0 amide bonds. The van der Waals surface area contributed by atoms with Gasteiger partial charge in [0.15, 0.2) is 5.82 Å². The Morgan fingerprint density at radius 1 is 1.77 bits per heavy atom. The lowest BCUT2D eigenvalue weighted by atomic mass is 10.2. The number of nitrogens with two attached hydrogens (primary N) is 2. The standard InChI is InChI=1S/C6H8N6O/c7-2-3-4(1-5(8)12-13)10-11-6(3)9/h13H,1H2,(H2,8,12)(H3,9,10,11). The Labute approximate surface area is 73.6 Å². The molecule has 1 aromatic rings. The molecule has 0 aliphatic carbocycles. The van der Waals surface area contributed by atoms with Gasteiger partial charge in [-0.05, 0) is 0 Å². The van der Waals surface area contributed by atoms with E-state index >= 15 is 0 Å². The topological polar surface area (TPSA) is 137 Å². The Morgan fingerprint density at radius 3 is 3.00 bits per heavy atom. The van der Waals surface area contributed by atoms with Crippen molar-refractivity contribution in [2.75, 3.05) is 5.73 Å². The Hall–Kier alpha value is -2.23. The summed E-state index contributed by atoms with van der Waals surface area (Å²) in [5.74, 6) is 0.100. The number of anilines is 1. The zero-order chi connectivity index (χ0) is 9.84. The second-order valence-electron chi connectivity index (χ2n) is 2.34. The molecule has 7 nitrogen and oxygen atoms in total. The number of nitriles is 1. The first kappa shape index (κ1) is 8.86. The highest BCUT2D eigenvalue weighted by Crippen LogP contribution is 2.11. The van der Waals surface area contributed by atoms with E-state index < -0.39 is 0 Å². The predicted molar refractivity (Wildman–Crippen MR) is 44.8 cm³/mol. The quantitative estimate of drug-likeness (QED) is 0.203. The Kier molecular flexibility index (Phi) is 2.35. The summed E-state index contributed by atoms with van der Waals surface area (Å²) in [5.41, 5.74) is 11.3. The predicted octanol–water partition coefficient (Wildman–Crippen LogP) is -0.848. The normalized spacial score (nSPS) is 11.2. The van der Waals surface area contributed by atoms with Crippen molar-refractivity contribution in [1.82, 2.24) is 10.2 Å². The number of hydrogen-bond donors (Lipinski definition) is 4. The average molecular weight is 180 g/mol. The van der Waals surface area contributed by atoms with Crippen LogP contribution in [0.15, 0.2) is 5.16 Å². The van der Waals surface area contributed by atoms with Gasteiger partial charge in [0.1, 0.15) is 17.5 Å². The van der Waals surface area contributed by atoms with Crippen LogP contribution in [-0.4, -0.2) is 21.2 Å². The number of hydrogen-bond acceptors (Lipinski definition) is 5. The fourth-order valence-corrected chi connectivity index (χ4v) is 0.863. The Morgan fingerprint density at radius 2 is 2.46 bits per heavy atom. The summed E-state index contributed by atoms with van der Waals surface area (Å²) in [6.45, 7) is 0. The lowest BCUT2D eigenvalue weighted by molar-refractivity contribution is 0.317. The lowest BCUT2D eigenvalue weighted by Gasteiger charge is -1.94. The van der Waals surface area contributed by atoms with Crippen LogP contribution in [0.3, 0.4) is 0 Å². The van der Waals surface area contributed by atoms with Crippen LogP contribution in [0.1, 0.15) is 11.3 Å². The molecule has 0 aromatic carbocycles. The van der Waals surface area contributed by atoms with Gasteiger partial charge in [-0.3, -0.25) is 5.10 Å². The number of amidine groups is 1. The van der Waals surface area contributed by atoms with E-state index in [2.05, 4.69) is 15.4 Å². The van der Waals surface area contributed by atoms with Crippen LogP contribution in [0.4, 0.5) is 5.82 Å². The van der Waals surface area contributed by atoms with Crippen molar-refractivity contribution in [3.05, 3.63) is 11.3 Å². The minimum Gasteiger partial charge on any atom is -0.409 e. The van der Waals surface area contributed by atoms with E-state index in [1.807, 2.05) is 6.07 Å². The van der Waals surface area contributed by atoms with Crippen molar-refractivity contribution in [1.29, 1.82) is 5.26 Å². The fraction of sp³-hybridized carbons (Fsp3) is 0.167. The minimum absolute atomic E-state index is 0.0137. The number of nitrogen functional groups attached to an aromatic ring is 1. The Balaban J connectivity index is 2.97. The SMILES string of the molecule is N#Cc1c(N)n[nH]c1CC(N)=NO. The molecule has 7 heteroatoms. The molecular formula is C6H8N6O. The second kappa shape index (κ2) is 3.44. The molecule has 0 spiro atoms. The Bertz CT molecular complexity index is 373. The van der Waals surface area contributed by atoms with E-state index in [0.717, 1.165) is 0 Å². The maximum atomic E-state index is 8.64. The van der Waals surface area contributed by atoms with Crippen LogP contribution in [0.2, 0.25) is 0 Å². The zero-order valence-corrected chi connectivity index (χ0v) is 6.65. The highest BCUT2D eigenvalue weighted by molar-refractivity contribution is 5.82. The number of rotatable bonds is 2. The summed E-state index contributed by atoms with van der Waals surface area (Å²) >= 11 is 0. The largest absolute Gasteiger partial charge is 0.409 e. The van der Waals surface area contributed by atoms with Gasteiger partial charge >= 0.3 is 0 Å². The first-order valence-electron chi connectivity index (χ1n) is 3.38. The highest BCUT2D eigenvalue weighted by Gasteiger charge is 2.10. The van der Waals surface area contributed by atoms with E-state index in [4.69, 9.17) is 21.9 Å². The number of H-pyrrole nitrogens is 1. The van der Waals surface area contributed by atoms with Crippen LogP contribution in [-0.2, 0) is 6.42 Å².